The van der Waals surface area contributed by atoms with Gasteiger partial charge in [-0.15, -0.1) is 0 Å². The summed E-state index contributed by atoms with van der Waals surface area (Å²) >= 11 is 0. The van der Waals surface area contributed by atoms with Gasteiger partial charge in [0.1, 0.15) is 5.69 Å². The first-order valence-electron chi connectivity index (χ1n) is 3.41. The zero-order chi connectivity index (χ0) is 9.35. The molecule has 0 amide bonds. The molecule has 0 saturated carbocycles. The number of rotatable bonds is 0. The summed E-state index contributed by atoms with van der Waals surface area (Å²) in [6.07, 6.45) is -3.10. The Labute approximate surface area is 68.2 Å². The van der Waals surface area contributed by atoms with Crippen LogP contribution in [0.5, 0.6) is 0 Å². The van der Waals surface area contributed by atoms with E-state index in [4.69, 9.17) is 0 Å². The Hall–Kier alpha value is -1.06. The lowest BCUT2D eigenvalue weighted by atomic mass is 10.1. The van der Waals surface area contributed by atoms with Crippen molar-refractivity contribution in [3.05, 3.63) is 29.1 Å². The third-order valence-electron chi connectivity index (χ3n) is 1.66. The molecular formula is C8H8F3N. The second-order valence-corrected chi connectivity index (χ2v) is 2.65. The number of hydrogen-bond donors (Lipinski definition) is 0. The Bertz CT molecular complexity index is 291. The molecule has 0 spiro atoms. The van der Waals surface area contributed by atoms with Crippen molar-refractivity contribution in [2.75, 3.05) is 0 Å². The van der Waals surface area contributed by atoms with Crippen LogP contribution in [0, 0.1) is 13.8 Å². The topological polar surface area (TPSA) is 12.9 Å². The molecule has 0 unspecified atom stereocenters. The van der Waals surface area contributed by atoms with Crippen molar-refractivity contribution in [3.8, 4) is 0 Å². The van der Waals surface area contributed by atoms with Gasteiger partial charge in [-0.3, -0.25) is 4.98 Å². The lowest BCUT2D eigenvalue weighted by Gasteiger charge is -2.06. The highest BCUT2D eigenvalue weighted by molar-refractivity contribution is 5.24. The van der Waals surface area contributed by atoms with E-state index in [0.29, 0.717) is 5.56 Å². The van der Waals surface area contributed by atoms with Crippen LogP contribution >= 0.6 is 0 Å². The first-order valence-corrected chi connectivity index (χ1v) is 3.41. The molecule has 0 fully saturated rings. The number of hydrogen-bond acceptors (Lipinski definition) is 1. The average Bonchev–Trinajstić information content (AvgIpc) is 1.92. The van der Waals surface area contributed by atoms with Gasteiger partial charge in [0.15, 0.2) is 0 Å². The second-order valence-electron chi connectivity index (χ2n) is 2.65. The molecule has 1 aromatic rings. The van der Waals surface area contributed by atoms with Crippen LogP contribution in [0.1, 0.15) is 16.8 Å². The van der Waals surface area contributed by atoms with E-state index in [2.05, 4.69) is 4.98 Å². The van der Waals surface area contributed by atoms with Gasteiger partial charge in [-0.25, -0.2) is 0 Å². The summed E-state index contributed by atoms with van der Waals surface area (Å²) in [5.41, 5.74) is 0.547. The Morgan fingerprint density at radius 1 is 1.17 bits per heavy atom. The molecule has 0 aliphatic carbocycles. The fraction of sp³-hybridized carbons (Fsp3) is 0.375. The molecule has 1 heterocycles. The summed E-state index contributed by atoms with van der Waals surface area (Å²) in [5.74, 6) is 0. The van der Waals surface area contributed by atoms with Gasteiger partial charge >= 0.3 is 6.18 Å². The van der Waals surface area contributed by atoms with Crippen LogP contribution in [-0.4, -0.2) is 4.98 Å². The molecule has 66 valence electrons. The minimum atomic E-state index is -4.33. The number of halogens is 3. The van der Waals surface area contributed by atoms with Crippen molar-refractivity contribution in [3.63, 3.8) is 0 Å². The summed E-state index contributed by atoms with van der Waals surface area (Å²) < 4.78 is 36.1. The molecule has 0 radical (unpaired) electrons. The monoisotopic (exact) mass is 175 g/mol. The third kappa shape index (κ3) is 1.75. The van der Waals surface area contributed by atoms with E-state index in [1.165, 1.54) is 6.20 Å². The Morgan fingerprint density at radius 3 is 2.17 bits per heavy atom. The maximum atomic E-state index is 12.0. The molecule has 1 aromatic heterocycles. The predicted octanol–water partition coefficient (Wildman–Crippen LogP) is 2.72. The summed E-state index contributed by atoms with van der Waals surface area (Å²) in [6.45, 7) is 3.36. The van der Waals surface area contributed by atoms with E-state index in [1.807, 2.05) is 0 Å². The third-order valence-corrected chi connectivity index (χ3v) is 1.66. The summed E-state index contributed by atoms with van der Waals surface area (Å²) in [6, 6.07) is 1.05. The van der Waals surface area contributed by atoms with Crippen molar-refractivity contribution >= 4 is 0 Å². The van der Waals surface area contributed by atoms with Crippen molar-refractivity contribution in [1.29, 1.82) is 0 Å². The standard InChI is InChI=1S/C8H8F3N/c1-5-3-7(8(9,10)11)12-4-6(5)2/h3-4H,1-2H3. The van der Waals surface area contributed by atoms with Crippen LogP contribution in [0.2, 0.25) is 0 Å². The molecular weight excluding hydrogens is 167 g/mol. The van der Waals surface area contributed by atoms with Gasteiger partial charge in [0.25, 0.3) is 0 Å². The van der Waals surface area contributed by atoms with Gasteiger partial charge < -0.3 is 0 Å². The molecule has 1 nitrogen and oxygen atoms in total. The van der Waals surface area contributed by atoms with E-state index < -0.39 is 11.9 Å². The largest absolute Gasteiger partial charge is 0.433 e. The van der Waals surface area contributed by atoms with Gasteiger partial charge in [-0.05, 0) is 31.0 Å². The highest BCUT2D eigenvalue weighted by atomic mass is 19.4. The lowest BCUT2D eigenvalue weighted by Crippen LogP contribution is -2.08. The van der Waals surface area contributed by atoms with E-state index >= 15 is 0 Å². The first-order chi connectivity index (χ1) is 5.41. The first kappa shape index (κ1) is 9.03. The maximum Gasteiger partial charge on any atom is 0.433 e. The van der Waals surface area contributed by atoms with Gasteiger partial charge in [0, 0.05) is 6.20 Å². The van der Waals surface area contributed by atoms with E-state index in [0.717, 1.165) is 11.6 Å². The Morgan fingerprint density at radius 2 is 1.75 bits per heavy atom. The molecule has 4 heteroatoms. The fourth-order valence-electron chi connectivity index (χ4n) is 0.779. The van der Waals surface area contributed by atoms with Crippen LogP contribution in [-0.2, 0) is 6.18 Å². The molecule has 0 saturated heterocycles. The highest BCUT2D eigenvalue weighted by Crippen LogP contribution is 2.28. The highest BCUT2D eigenvalue weighted by Gasteiger charge is 2.32. The second kappa shape index (κ2) is 2.77. The molecule has 0 aliphatic rings. The smallest absolute Gasteiger partial charge is 0.251 e. The summed E-state index contributed by atoms with van der Waals surface area (Å²) in [4.78, 5) is 3.29. The lowest BCUT2D eigenvalue weighted by molar-refractivity contribution is -0.141. The van der Waals surface area contributed by atoms with Crippen LogP contribution in [0.4, 0.5) is 13.2 Å². The van der Waals surface area contributed by atoms with E-state index in [9.17, 15) is 13.2 Å². The van der Waals surface area contributed by atoms with Crippen LogP contribution in [0.3, 0.4) is 0 Å². The Balaban J connectivity index is 3.14. The average molecular weight is 175 g/mol. The van der Waals surface area contributed by atoms with Crippen molar-refractivity contribution in [1.82, 2.24) is 4.98 Å². The molecule has 0 aromatic carbocycles. The molecule has 0 aliphatic heterocycles. The number of pyridine rings is 1. The molecule has 0 atom stereocenters. The molecule has 0 N–H and O–H groups in total. The van der Waals surface area contributed by atoms with E-state index in [1.54, 1.807) is 13.8 Å². The van der Waals surface area contributed by atoms with Gasteiger partial charge in [0.05, 0.1) is 0 Å². The zero-order valence-electron chi connectivity index (χ0n) is 6.74. The van der Waals surface area contributed by atoms with Gasteiger partial charge in [-0.2, -0.15) is 13.2 Å². The van der Waals surface area contributed by atoms with E-state index in [-0.39, 0.29) is 0 Å². The van der Waals surface area contributed by atoms with Gasteiger partial charge in [-0.1, -0.05) is 0 Å². The Kier molecular flexibility index (Phi) is 2.08. The van der Waals surface area contributed by atoms with Crippen LogP contribution < -0.4 is 0 Å². The van der Waals surface area contributed by atoms with Crippen LogP contribution in [0.15, 0.2) is 12.3 Å². The maximum absolute atomic E-state index is 12.0. The van der Waals surface area contributed by atoms with Gasteiger partial charge in [0.2, 0.25) is 0 Å². The number of aryl methyl sites for hydroxylation is 2. The zero-order valence-corrected chi connectivity index (χ0v) is 6.74. The molecule has 12 heavy (non-hydrogen) atoms. The number of alkyl halides is 3. The van der Waals surface area contributed by atoms with Crippen molar-refractivity contribution < 1.29 is 13.2 Å². The summed E-state index contributed by atoms with van der Waals surface area (Å²) in [5, 5.41) is 0. The number of nitrogens with zero attached hydrogens (tertiary/aromatic N) is 1. The fourth-order valence-corrected chi connectivity index (χ4v) is 0.779. The normalized spacial score (nSPS) is 11.8. The predicted molar refractivity (Wildman–Crippen MR) is 38.7 cm³/mol. The summed E-state index contributed by atoms with van der Waals surface area (Å²) in [7, 11) is 0. The van der Waals surface area contributed by atoms with Crippen molar-refractivity contribution in [2.45, 2.75) is 20.0 Å². The molecule has 0 bridgehead atoms. The SMILES string of the molecule is Cc1cnc(C(F)(F)F)cc1C. The number of aromatic nitrogens is 1. The van der Waals surface area contributed by atoms with Crippen LogP contribution in [0.25, 0.3) is 0 Å². The minimum Gasteiger partial charge on any atom is -0.251 e. The van der Waals surface area contributed by atoms with Crippen molar-refractivity contribution in [2.24, 2.45) is 0 Å². The minimum absolute atomic E-state index is 0.609. The molecule has 1 rings (SSSR count). The quantitative estimate of drug-likeness (QED) is 0.590.